The van der Waals surface area contributed by atoms with Gasteiger partial charge in [0.1, 0.15) is 16.8 Å². The Morgan fingerprint density at radius 2 is 2.11 bits per heavy atom. The zero-order valence-corrected chi connectivity index (χ0v) is 10.9. The Morgan fingerprint density at radius 1 is 1.47 bits per heavy atom. The molecule has 0 saturated heterocycles. The molecule has 1 unspecified atom stereocenters. The number of carboxylic acid groups (broad SMARTS) is 1. The van der Waals surface area contributed by atoms with Crippen LogP contribution in [-0.4, -0.2) is 37.2 Å². The molecule has 0 spiro atoms. The van der Waals surface area contributed by atoms with Gasteiger partial charge < -0.3 is 10.2 Å². The van der Waals surface area contributed by atoms with Crippen LogP contribution in [0.5, 0.6) is 0 Å². The summed E-state index contributed by atoms with van der Waals surface area (Å²) in [5.74, 6) is -2.41. The number of benzene rings is 1. The molecule has 1 aromatic rings. The molecule has 0 aliphatic heterocycles. The molecule has 0 saturated carbocycles. The van der Waals surface area contributed by atoms with Crippen molar-refractivity contribution < 1.29 is 27.8 Å². The molecule has 0 amide bonds. The molecule has 1 aromatic carbocycles. The van der Waals surface area contributed by atoms with E-state index in [1.807, 2.05) is 4.72 Å². The van der Waals surface area contributed by atoms with Gasteiger partial charge in [0.25, 0.3) is 0 Å². The molecule has 0 bridgehead atoms. The number of carbonyl (C=O) groups is 1. The van der Waals surface area contributed by atoms with Crippen molar-refractivity contribution in [2.45, 2.75) is 24.3 Å². The van der Waals surface area contributed by atoms with E-state index in [-0.39, 0.29) is 6.42 Å². The van der Waals surface area contributed by atoms with Crippen molar-refractivity contribution in [3.63, 3.8) is 0 Å². The molecule has 0 heterocycles. The molecule has 1 rings (SSSR count). The third-order valence-corrected chi connectivity index (χ3v) is 3.88. The lowest BCUT2D eigenvalue weighted by molar-refractivity contribution is -0.139. The maximum Gasteiger partial charge on any atom is 0.321 e. The Morgan fingerprint density at radius 3 is 2.63 bits per heavy atom. The second kappa shape index (κ2) is 6.09. The lowest BCUT2D eigenvalue weighted by Crippen LogP contribution is -2.41. The summed E-state index contributed by atoms with van der Waals surface area (Å²) in [6.45, 7) is 1.08. The number of nitrogens with one attached hydrogen (secondary N) is 1. The van der Waals surface area contributed by atoms with E-state index in [0.717, 1.165) is 12.1 Å². The van der Waals surface area contributed by atoms with Crippen LogP contribution in [0.3, 0.4) is 0 Å². The van der Waals surface area contributed by atoms with E-state index in [0.29, 0.717) is 5.56 Å². The maximum absolute atomic E-state index is 13.5. The van der Waals surface area contributed by atoms with E-state index < -0.39 is 39.4 Å². The van der Waals surface area contributed by atoms with Crippen molar-refractivity contribution in [2.75, 3.05) is 6.61 Å². The predicted octanol–water partition coefficient (Wildman–Crippen LogP) is 0.248. The van der Waals surface area contributed by atoms with E-state index >= 15 is 0 Å². The molecular formula is C11H14FNO5S. The van der Waals surface area contributed by atoms with Crippen molar-refractivity contribution in [2.24, 2.45) is 0 Å². The van der Waals surface area contributed by atoms with Gasteiger partial charge in [0.05, 0.1) is 0 Å². The highest BCUT2D eigenvalue weighted by molar-refractivity contribution is 7.89. The van der Waals surface area contributed by atoms with Crippen LogP contribution in [0.1, 0.15) is 12.0 Å². The summed E-state index contributed by atoms with van der Waals surface area (Å²) in [6, 6.07) is 1.99. The van der Waals surface area contributed by atoms with Crippen LogP contribution in [0, 0.1) is 12.7 Å². The van der Waals surface area contributed by atoms with E-state index in [1.165, 1.54) is 6.07 Å². The van der Waals surface area contributed by atoms with Gasteiger partial charge in [0.15, 0.2) is 0 Å². The highest BCUT2D eigenvalue weighted by Gasteiger charge is 2.27. The van der Waals surface area contributed by atoms with E-state index in [4.69, 9.17) is 10.2 Å². The first-order valence-electron chi connectivity index (χ1n) is 5.40. The highest BCUT2D eigenvalue weighted by atomic mass is 32.2. The minimum atomic E-state index is -4.30. The zero-order chi connectivity index (χ0) is 14.6. The minimum Gasteiger partial charge on any atom is -0.480 e. The molecule has 19 heavy (non-hydrogen) atoms. The summed E-state index contributed by atoms with van der Waals surface area (Å²) < 4.78 is 39.1. The minimum absolute atomic E-state index is 0.304. The summed E-state index contributed by atoms with van der Waals surface area (Å²) in [7, 11) is -4.30. The standard InChI is InChI=1S/C11H14FNO5S/c1-7-2-3-8(12)10(6-7)19(17,18)13-9(4-5-14)11(15)16/h2-3,6,9,13-14H,4-5H2,1H3,(H,15,16). The number of aryl methyl sites for hydroxylation is 1. The lowest BCUT2D eigenvalue weighted by atomic mass is 10.2. The van der Waals surface area contributed by atoms with Crippen LogP contribution in [0.4, 0.5) is 4.39 Å². The summed E-state index contributed by atoms with van der Waals surface area (Å²) in [4.78, 5) is 10.2. The monoisotopic (exact) mass is 291 g/mol. The average Bonchev–Trinajstić information content (AvgIpc) is 2.31. The molecule has 0 fully saturated rings. The van der Waals surface area contributed by atoms with Crippen LogP contribution < -0.4 is 4.72 Å². The van der Waals surface area contributed by atoms with Crippen molar-refractivity contribution >= 4 is 16.0 Å². The first-order valence-corrected chi connectivity index (χ1v) is 6.88. The molecule has 8 heteroatoms. The Labute approximate surface area is 109 Å². The highest BCUT2D eigenvalue weighted by Crippen LogP contribution is 2.16. The Hall–Kier alpha value is -1.51. The van der Waals surface area contributed by atoms with Gasteiger partial charge in [-0.2, -0.15) is 4.72 Å². The maximum atomic E-state index is 13.5. The van der Waals surface area contributed by atoms with Gasteiger partial charge in [-0.25, -0.2) is 12.8 Å². The first kappa shape index (κ1) is 15.5. The van der Waals surface area contributed by atoms with Crippen molar-refractivity contribution in [3.05, 3.63) is 29.6 Å². The first-order chi connectivity index (χ1) is 8.77. The fourth-order valence-corrected chi connectivity index (χ4v) is 2.82. The predicted molar refractivity (Wildman–Crippen MR) is 64.6 cm³/mol. The third kappa shape index (κ3) is 3.98. The van der Waals surface area contributed by atoms with Gasteiger partial charge in [0.2, 0.25) is 10.0 Å². The number of carboxylic acids is 1. The number of aliphatic carboxylic acids is 1. The number of aliphatic hydroxyl groups excluding tert-OH is 1. The number of aliphatic hydroxyl groups is 1. The molecule has 0 aliphatic rings. The summed E-state index contributed by atoms with van der Waals surface area (Å²) in [5.41, 5.74) is 0.524. The number of rotatable bonds is 6. The molecule has 6 nitrogen and oxygen atoms in total. The van der Waals surface area contributed by atoms with E-state index in [2.05, 4.69) is 0 Å². The molecular weight excluding hydrogens is 277 g/mol. The molecule has 0 aliphatic carbocycles. The summed E-state index contributed by atoms with van der Waals surface area (Å²) in [5, 5.41) is 17.5. The van der Waals surface area contributed by atoms with Crippen molar-refractivity contribution in [1.82, 2.24) is 4.72 Å². The average molecular weight is 291 g/mol. The van der Waals surface area contributed by atoms with E-state index in [1.54, 1.807) is 6.92 Å². The number of halogens is 1. The SMILES string of the molecule is Cc1ccc(F)c(S(=O)(=O)NC(CCO)C(=O)O)c1. The quantitative estimate of drug-likeness (QED) is 0.697. The third-order valence-electron chi connectivity index (χ3n) is 2.39. The smallest absolute Gasteiger partial charge is 0.321 e. The van der Waals surface area contributed by atoms with Crippen molar-refractivity contribution in [3.8, 4) is 0 Å². The number of hydrogen-bond donors (Lipinski definition) is 3. The van der Waals surface area contributed by atoms with Gasteiger partial charge in [-0.15, -0.1) is 0 Å². The van der Waals surface area contributed by atoms with Crippen LogP contribution >= 0.6 is 0 Å². The van der Waals surface area contributed by atoms with Crippen molar-refractivity contribution in [1.29, 1.82) is 0 Å². The number of sulfonamides is 1. The van der Waals surface area contributed by atoms with Crippen LogP contribution in [0.15, 0.2) is 23.1 Å². The molecule has 106 valence electrons. The molecule has 1 atom stereocenters. The molecule has 0 aromatic heterocycles. The molecule has 0 radical (unpaired) electrons. The Bertz CT molecular complexity index is 572. The second-order valence-electron chi connectivity index (χ2n) is 3.96. The van der Waals surface area contributed by atoms with E-state index in [9.17, 15) is 17.6 Å². The van der Waals surface area contributed by atoms with Gasteiger partial charge in [0, 0.05) is 6.61 Å². The zero-order valence-electron chi connectivity index (χ0n) is 10.1. The van der Waals surface area contributed by atoms with Gasteiger partial charge in [-0.05, 0) is 31.0 Å². The fourth-order valence-electron chi connectivity index (χ4n) is 1.43. The second-order valence-corrected chi connectivity index (χ2v) is 5.64. The van der Waals surface area contributed by atoms with Gasteiger partial charge >= 0.3 is 5.97 Å². The topological polar surface area (TPSA) is 104 Å². The van der Waals surface area contributed by atoms with Gasteiger partial charge in [-0.3, -0.25) is 4.79 Å². The summed E-state index contributed by atoms with van der Waals surface area (Å²) >= 11 is 0. The largest absolute Gasteiger partial charge is 0.480 e. The fraction of sp³-hybridized carbons (Fsp3) is 0.364. The lowest BCUT2D eigenvalue weighted by Gasteiger charge is -2.14. The van der Waals surface area contributed by atoms with Crippen LogP contribution in [0.25, 0.3) is 0 Å². The van der Waals surface area contributed by atoms with Crippen LogP contribution in [0.2, 0.25) is 0 Å². The van der Waals surface area contributed by atoms with Crippen LogP contribution in [-0.2, 0) is 14.8 Å². The summed E-state index contributed by atoms with van der Waals surface area (Å²) in [6.07, 6.45) is -0.304. The van der Waals surface area contributed by atoms with Gasteiger partial charge in [-0.1, -0.05) is 6.07 Å². The normalized spacial score (nSPS) is 13.2. The Balaban J connectivity index is 3.10. The Kier molecular flexibility index (Phi) is 4.98. The molecule has 3 N–H and O–H groups in total. The number of hydrogen-bond acceptors (Lipinski definition) is 4.